The van der Waals surface area contributed by atoms with E-state index in [-0.39, 0.29) is 11.9 Å². The number of aryl methyl sites for hydroxylation is 1. The normalized spacial score (nSPS) is 17.2. The van der Waals surface area contributed by atoms with Crippen LogP contribution in [-0.4, -0.2) is 34.1 Å². The number of carbonyl (C=O) groups excluding carboxylic acids is 1. The van der Waals surface area contributed by atoms with Gasteiger partial charge in [-0.15, -0.1) is 0 Å². The largest absolute Gasteiger partial charge is 0.492 e. The zero-order valence-electron chi connectivity index (χ0n) is 13.6. The summed E-state index contributed by atoms with van der Waals surface area (Å²) in [7, 11) is 0. The molecule has 0 saturated carbocycles. The van der Waals surface area contributed by atoms with Crippen molar-refractivity contribution in [1.82, 2.24) is 15.0 Å². The van der Waals surface area contributed by atoms with Crippen molar-refractivity contribution >= 4 is 17.5 Å². The molecule has 1 aliphatic heterocycles. The third-order valence-corrected chi connectivity index (χ3v) is 4.36. The van der Waals surface area contributed by atoms with Crippen molar-refractivity contribution in [3.63, 3.8) is 0 Å². The highest BCUT2D eigenvalue weighted by Gasteiger charge is 2.32. The van der Waals surface area contributed by atoms with E-state index in [9.17, 15) is 4.79 Å². The lowest BCUT2D eigenvalue weighted by Gasteiger charge is -2.22. The van der Waals surface area contributed by atoms with Crippen molar-refractivity contribution in [1.29, 1.82) is 0 Å². The summed E-state index contributed by atoms with van der Waals surface area (Å²) in [6.45, 7) is 2.95. The second-order valence-corrected chi connectivity index (χ2v) is 6.21. The van der Waals surface area contributed by atoms with Crippen molar-refractivity contribution in [3.05, 3.63) is 41.0 Å². The molecule has 1 atom stereocenters. The Labute approximate surface area is 145 Å². The van der Waals surface area contributed by atoms with Gasteiger partial charge in [0, 0.05) is 19.9 Å². The molecule has 0 spiro atoms. The summed E-state index contributed by atoms with van der Waals surface area (Å²) in [6, 6.07) is 7.25. The predicted molar refractivity (Wildman–Crippen MR) is 88.9 cm³/mol. The zero-order chi connectivity index (χ0) is 16.9. The summed E-state index contributed by atoms with van der Waals surface area (Å²) in [4.78, 5) is 18.6. The van der Waals surface area contributed by atoms with E-state index in [1.807, 2.05) is 23.1 Å². The van der Waals surface area contributed by atoms with Crippen LogP contribution in [0, 0.1) is 6.92 Å². The standard InChI is InChI=1S/C17H20ClN3O3/c1-12-19-17(20-24-12)14-7-4-10-21(14)16(22)9-5-11-23-15-8-3-2-6-13(15)18/h2-3,6,8,14H,4-5,7,9-11H2,1H3/t14-/m1/s1. The van der Waals surface area contributed by atoms with Gasteiger partial charge >= 0.3 is 0 Å². The SMILES string of the molecule is Cc1nc([C@H]2CCCN2C(=O)CCCOc2ccccc2Cl)no1. The number of para-hydroxylation sites is 1. The maximum atomic E-state index is 12.5. The van der Waals surface area contributed by atoms with Crippen molar-refractivity contribution in [2.24, 2.45) is 0 Å². The van der Waals surface area contributed by atoms with E-state index in [4.69, 9.17) is 20.9 Å². The number of hydrogen-bond acceptors (Lipinski definition) is 5. The Morgan fingerprint density at radius 1 is 1.46 bits per heavy atom. The second kappa shape index (κ2) is 7.66. The van der Waals surface area contributed by atoms with E-state index in [2.05, 4.69) is 10.1 Å². The van der Waals surface area contributed by atoms with Gasteiger partial charge in [0.2, 0.25) is 11.8 Å². The van der Waals surface area contributed by atoms with Crippen LogP contribution in [0.15, 0.2) is 28.8 Å². The van der Waals surface area contributed by atoms with Crippen LogP contribution in [0.4, 0.5) is 0 Å². The first-order valence-corrected chi connectivity index (χ1v) is 8.50. The first-order valence-electron chi connectivity index (χ1n) is 8.12. The van der Waals surface area contributed by atoms with Crippen LogP contribution in [0.1, 0.15) is 43.4 Å². The Morgan fingerprint density at radius 3 is 3.04 bits per heavy atom. The minimum Gasteiger partial charge on any atom is -0.492 e. The number of rotatable bonds is 6. The Balaban J connectivity index is 1.49. The third-order valence-electron chi connectivity index (χ3n) is 4.04. The number of benzene rings is 1. The number of halogens is 1. The van der Waals surface area contributed by atoms with E-state index in [0.29, 0.717) is 41.9 Å². The van der Waals surface area contributed by atoms with E-state index >= 15 is 0 Å². The van der Waals surface area contributed by atoms with Crippen LogP contribution in [0.3, 0.4) is 0 Å². The fraction of sp³-hybridized carbons (Fsp3) is 0.471. The van der Waals surface area contributed by atoms with Gasteiger partial charge in [-0.25, -0.2) is 0 Å². The molecule has 24 heavy (non-hydrogen) atoms. The molecule has 1 saturated heterocycles. The molecule has 2 aromatic rings. The summed E-state index contributed by atoms with van der Waals surface area (Å²) in [5.41, 5.74) is 0. The highest BCUT2D eigenvalue weighted by Crippen LogP contribution is 2.31. The van der Waals surface area contributed by atoms with Gasteiger partial charge in [0.25, 0.3) is 0 Å². The first kappa shape index (κ1) is 16.8. The van der Waals surface area contributed by atoms with Gasteiger partial charge in [0.15, 0.2) is 5.82 Å². The van der Waals surface area contributed by atoms with E-state index in [0.717, 1.165) is 19.4 Å². The van der Waals surface area contributed by atoms with Gasteiger partial charge in [-0.2, -0.15) is 4.98 Å². The topological polar surface area (TPSA) is 68.5 Å². The Morgan fingerprint density at radius 2 is 2.29 bits per heavy atom. The van der Waals surface area contributed by atoms with Crippen LogP contribution in [-0.2, 0) is 4.79 Å². The molecule has 1 aliphatic rings. The zero-order valence-corrected chi connectivity index (χ0v) is 14.3. The smallest absolute Gasteiger partial charge is 0.223 e. The molecule has 6 nitrogen and oxygen atoms in total. The molecule has 0 bridgehead atoms. The van der Waals surface area contributed by atoms with E-state index < -0.39 is 0 Å². The van der Waals surface area contributed by atoms with Crippen molar-refractivity contribution in [3.8, 4) is 5.75 Å². The van der Waals surface area contributed by atoms with Gasteiger partial charge in [0.1, 0.15) is 5.75 Å². The van der Waals surface area contributed by atoms with Gasteiger partial charge in [-0.3, -0.25) is 4.79 Å². The molecule has 1 aromatic carbocycles. The van der Waals surface area contributed by atoms with Crippen molar-refractivity contribution in [2.45, 2.75) is 38.6 Å². The highest BCUT2D eigenvalue weighted by molar-refractivity contribution is 6.32. The predicted octanol–water partition coefficient (Wildman–Crippen LogP) is 3.55. The second-order valence-electron chi connectivity index (χ2n) is 5.80. The molecule has 2 heterocycles. The molecule has 7 heteroatoms. The molecular formula is C17H20ClN3O3. The molecule has 3 rings (SSSR count). The maximum absolute atomic E-state index is 12.5. The first-order chi connectivity index (χ1) is 11.6. The molecular weight excluding hydrogens is 330 g/mol. The lowest BCUT2D eigenvalue weighted by molar-refractivity contribution is -0.132. The summed E-state index contributed by atoms with van der Waals surface area (Å²) in [5.74, 6) is 1.87. The van der Waals surface area contributed by atoms with Crippen LogP contribution < -0.4 is 4.74 Å². The lowest BCUT2D eigenvalue weighted by atomic mass is 10.2. The Kier molecular flexibility index (Phi) is 5.35. The summed E-state index contributed by atoms with van der Waals surface area (Å²) < 4.78 is 10.7. The monoisotopic (exact) mass is 349 g/mol. The number of hydrogen-bond donors (Lipinski definition) is 0. The molecule has 1 aromatic heterocycles. The average molecular weight is 350 g/mol. The minimum atomic E-state index is -0.0700. The van der Waals surface area contributed by atoms with Crippen LogP contribution >= 0.6 is 11.6 Å². The number of ether oxygens (including phenoxy) is 1. The lowest BCUT2D eigenvalue weighted by Crippen LogP contribution is -2.31. The number of aromatic nitrogens is 2. The number of carbonyl (C=O) groups is 1. The molecule has 1 fully saturated rings. The summed E-state index contributed by atoms with van der Waals surface area (Å²) in [6.07, 6.45) is 2.90. The molecule has 1 amide bonds. The van der Waals surface area contributed by atoms with Gasteiger partial charge in [-0.05, 0) is 31.4 Å². The van der Waals surface area contributed by atoms with Gasteiger partial charge in [-0.1, -0.05) is 28.9 Å². The van der Waals surface area contributed by atoms with Crippen molar-refractivity contribution < 1.29 is 14.1 Å². The quantitative estimate of drug-likeness (QED) is 0.746. The van der Waals surface area contributed by atoms with E-state index in [1.54, 1.807) is 13.0 Å². The number of nitrogens with zero attached hydrogens (tertiary/aromatic N) is 3. The Hall–Kier alpha value is -2.08. The molecule has 0 radical (unpaired) electrons. The number of likely N-dealkylation sites (tertiary alicyclic amines) is 1. The van der Waals surface area contributed by atoms with Gasteiger partial charge < -0.3 is 14.2 Å². The minimum absolute atomic E-state index is 0.0700. The summed E-state index contributed by atoms with van der Waals surface area (Å²) in [5, 5.41) is 4.54. The summed E-state index contributed by atoms with van der Waals surface area (Å²) >= 11 is 6.04. The fourth-order valence-electron chi connectivity index (χ4n) is 2.89. The van der Waals surface area contributed by atoms with Crippen molar-refractivity contribution in [2.75, 3.05) is 13.2 Å². The third kappa shape index (κ3) is 3.87. The van der Waals surface area contributed by atoms with Crippen LogP contribution in [0.2, 0.25) is 5.02 Å². The molecule has 0 unspecified atom stereocenters. The highest BCUT2D eigenvalue weighted by atomic mass is 35.5. The fourth-order valence-corrected chi connectivity index (χ4v) is 3.09. The van der Waals surface area contributed by atoms with Crippen LogP contribution in [0.25, 0.3) is 0 Å². The number of amides is 1. The van der Waals surface area contributed by atoms with Gasteiger partial charge in [0.05, 0.1) is 17.7 Å². The maximum Gasteiger partial charge on any atom is 0.223 e. The van der Waals surface area contributed by atoms with Crippen LogP contribution in [0.5, 0.6) is 5.75 Å². The molecule has 128 valence electrons. The average Bonchev–Trinajstić information content (AvgIpc) is 3.21. The van der Waals surface area contributed by atoms with E-state index in [1.165, 1.54) is 0 Å². The molecule has 0 N–H and O–H groups in total. The Bertz CT molecular complexity index is 704. The molecule has 0 aliphatic carbocycles.